The van der Waals surface area contributed by atoms with Gasteiger partial charge in [-0.3, -0.25) is 0 Å². The number of carbonyl (C=O) groups is 3. The van der Waals surface area contributed by atoms with E-state index in [1.54, 1.807) is 6.07 Å². The standard InChI is InChI=1S/C12H8O6/c1-16-10(13)9-7-5(3-17-11(7)14)2-6-4-18-12(15)8(6)9/h2H,3-4H2,1H3. The second-order valence-electron chi connectivity index (χ2n) is 3.96. The van der Waals surface area contributed by atoms with Crippen molar-refractivity contribution in [1.29, 1.82) is 0 Å². The number of ether oxygens (including phenoxy) is 3. The number of hydrogen-bond donors (Lipinski definition) is 0. The average Bonchev–Trinajstić information content (AvgIpc) is 2.91. The molecule has 0 saturated heterocycles. The second kappa shape index (κ2) is 3.56. The van der Waals surface area contributed by atoms with Gasteiger partial charge in [-0.2, -0.15) is 0 Å². The van der Waals surface area contributed by atoms with Crippen LogP contribution in [0.1, 0.15) is 42.2 Å². The van der Waals surface area contributed by atoms with Crippen LogP contribution in [-0.2, 0) is 27.4 Å². The van der Waals surface area contributed by atoms with Crippen LogP contribution in [0.3, 0.4) is 0 Å². The van der Waals surface area contributed by atoms with E-state index in [1.165, 1.54) is 7.11 Å². The third kappa shape index (κ3) is 1.25. The minimum absolute atomic E-state index is 0.0463. The molecule has 3 rings (SSSR count). The molecule has 0 aliphatic carbocycles. The normalized spacial score (nSPS) is 15.8. The Kier molecular flexibility index (Phi) is 2.13. The molecule has 1 aromatic carbocycles. The van der Waals surface area contributed by atoms with Crippen molar-refractivity contribution >= 4 is 17.9 Å². The van der Waals surface area contributed by atoms with Gasteiger partial charge < -0.3 is 14.2 Å². The van der Waals surface area contributed by atoms with Crippen molar-refractivity contribution in [2.24, 2.45) is 0 Å². The molecule has 0 N–H and O–H groups in total. The van der Waals surface area contributed by atoms with Gasteiger partial charge in [-0.1, -0.05) is 0 Å². The summed E-state index contributed by atoms with van der Waals surface area (Å²) in [6.45, 7) is 0.194. The van der Waals surface area contributed by atoms with Crippen LogP contribution in [0, 0.1) is 0 Å². The topological polar surface area (TPSA) is 78.9 Å². The van der Waals surface area contributed by atoms with Crippen LogP contribution in [-0.4, -0.2) is 25.0 Å². The maximum absolute atomic E-state index is 11.8. The number of fused-ring (bicyclic) bond motifs is 2. The van der Waals surface area contributed by atoms with E-state index >= 15 is 0 Å². The zero-order valence-corrected chi connectivity index (χ0v) is 9.44. The van der Waals surface area contributed by atoms with E-state index in [9.17, 15) is 14.4 Å². The summed E-state index contributed by atoms with van der Waals surface area (Å²) in [7, 11) is 1.19. The van der Waals surface area contributed by atoms with E-state index in [0.29, 0.717) is 11.1 Å². The summed E-state index contributed by atoms with van der Waals surface area (Å²) < 4.78 is 14.4. The first-order valence-electron chi connectivity index (χ1n) is 5.24. The minimum atomic E-state index is -0.735. The van der Waals surface area contributed by atoms with Crippen molar-refractivity contribution in [3.63, 3.8) is 0 Å². The Labute approximate surface area is 101 Å². The number of carbonyl (C=O) groups excluding carboxylic acids is 3. The van der Waals surface area contributed by atoms with E-state index in [2.05, 4.69) is 4.74 Å². The fraction of sp³-hybridized carbons (Fsp3) is 0.250. The molecule has 0 unspecified atom stereocenters. The Balaban J connectivity index is 2.35. The summed E-state index contributed by atoms with van der Waals surface area (Å²) in [5.74, 6) is -1.97. The number of esters is 3. The van der Waals surface area contributed by atoms with Gasteiger partial charge in [0.1, 0.15) is 13.2 Å². The molecule has 6 nitrogen and oxygen atoms in total. The van der Waals surface area contributed by atoms with Crippen molar-refractivity contribution in [2.45, 2.75) is 13.2 Å². The van der Waals surface area contributed by atoms with Gasteiger partial charge in [-0.05, 0) is 6.07 Å². The van der Waals surface area contributed by atoms with E-state index in [-0.39, 0.29) is 29.9 Å². The Hall–Kier alpha value is -2.37. The molecule has 0 fully saturated rings. The zero-order chi connectivity index (χ0) is 12.9. The largest absolute Gasteiger partial charge is 0.465 e. The summed E-state index contributed by atoms with van der Waals surface area (Å²) in [4.78, 5) is 35.0. The monoisotopic (exact) mass is 248 g/mol. The van der Waals surface area contributed by atoms with Gasteiger partial charge in [-0.25, -0.2) is 14.4 Å². The van der Waals surface area contributed by atoms with E-state index < -0.39 is 17.9 Å². The first-order valence-corrected chi connectivity index (χ1v) is 5.24. The first-order chi connectivity index (χ1) is 8.63. The van der Waals surface area contributed by atoms with Gasteiger partial charge >= 0.3 is 17.9 Å². The number of cyclic esters (lactones) is 2. The molecular weight excluding hydrogens is 240 g/mol. The lowest BCUT2D eigenvalue weighted by atomic mass is 9.94. The zero-order valence-electron chi connectivity index (χ0n) is 9.44. The van der Waals surface area contributed by atoms with Crippen molar-refractivity contribution in [3.8, 4) is 0 Å². The fourth-order valence-corrected chi connectivity index (χ4v) is 2.23. The van der Waals surface area contributed by atoms with E-state index in [1.807, 2.05) is 0 Å². The maximum Gasteiger partial charge on any atom is 0.339 e. The van der Waals surface area contributed by atoms with Gasteiger partial charge in [0.2, 0.25) is 0 Å². The highest BCUT2D eigenvalue weighted by molar-refractivity contribution is 6.13. The third-order valence-electron chi connectivity index (χ3n) is 3.01. The predicted molar refractivity (Wildman–Crippen MR) is 56.0 cm³/mol. The summed E-state index contributed by atoms with van der Waals surface area (Å²) in [6.07, 6.45) is 0. The number of methoxy groups -OCH3 is 1. The Morgan fingerprint density at radius 3 is 2.06 bits per heavy atom. The highest BCUT2D eigenvalue weighted by atomic mass is 16.5. The third-order valence-corrected chi connectivity index (χ3v) is 3.01. The van der Waals surface area contributed by atoms with Crippen molar-refractivity contribution in [1.82, 2.24) is 0 Å². The van der Waals surface area contributed by atoms with Crippen LogP contribution in [0.15, 0.2) is 6.07 Å². The molecule has 18 heavy (non-hydrogen) atoms. The molecule has 0 amide bonds. The molecule has 6 heteroatoms. The Bertz CT molecular complexity index is 559. The van der Waals surface area contributed by atoms with Gasteiger partial charge in [0, 0.05) is 11.1 Å². The fourth-order valence-electron chi connectivity index (χ4n) is 2.23. The molecule has 0 aromatic heterocycles. The van der Waals surface area contributed by atoms with Crippen LogP contribution in [0.25, 0.3) is 0 Å². The molecule has 0 atom stereocenters. The van der Waals surface area contributed by atoms with Crippen LogP contribution in [0.4, 0.5) is 0 Å². The molecule has 2 aliphatic heterocycles. The highest BCUT2D eigenvalue weighted by Crippen LogP contribution is 2.33. The Morgan fingerprint density at radius 1 is 1.11 bits per heavy atom. The SMILES string of the molecule is COC(=O)c1c2c(cc3c1C(=O)OC3)COC2=O. The highest BCUT2D eigenvalue weighted by Gasteiger charge is 2.37. The summed E-state index contributed by atoms with van der Waals surface area (Å²) in [5.41, 5.74) is 1.34. The second-order valence-corrected chi connectivity index (χ2v) is 3.96. The number of benzene rings is 1. The Morgan fingerprint density at radius 2 is 1.61 bits per heavy atom. The molecule has 1 aromatic rings. The number of rotatable bonds is 1. The lowest BCUT2D eigenvalue weighted by Gasteiger charge is -2.07. The quantitative estimate of drug-likeness (QED) is 0.540. The van der Waals surface area contributed by atoms with E-state index in [0.717, 1.165) is 0 Å². The lowest BCUT2D eigenvalue weighted by Crippen LogP contribution is -2.15. The van der Waals surface area contributed by atoms with Gasteiger partial charge in [0.25, 0.3) is 0 Å². The summed E-state index contributed by atoms with van der Waals surface area (Å²) in [6, 6.07) is 1.66. The molecule has 92 valence electrons. The average molecular weight is 248 g/mol. The van der Waals surface area contributed by atoms with Crippen molar-refractivity contribution < 1.29 is 28.6 Å². The van der Waals surface area contributed by atoms with Crippen LogP contribution < -0.4 is 0 Å². The lowest BCUT2D eigenvalue weighted by molar-refractivity contribution is 0.0505. The molecule has 0 saturated carbocycles. The van der Waals surface area contributed by atoms with Gasteiger partial charge in [-0.15, -0.1) is 0 Å². The number of hydrogen-bond acceptors (Lipinski definition) is 6. The van der Waals surface area contributed by atoms with Crippen LogP contribution >= 0.6 is 0 Å². The molecule has 2 heterocycles. The predicted octanol–water partition coefficient (Wildman–Crippen LogP) is 0.814. The summed E-state index contributed by atoms with van der Waals surface area (Å²) >= 11 is 0. The molecule has 0 spiro atoms. The molecule has 0 bridgehead atoms. The molecular formula is C12H8O6. The van der Waals surface area contributed by atoms with Crippen LogP contribution in [0.5, 0.6) is 0 Å². The van der Waals surface area contributed by atoms with Gasteiger partial charge in [0.15, 0.2) is 0 Å². The van der Waals surface area contributed by atoms with Gasteiger partial charge in [0.05, 0.1) is 23.8 Å². The summed E-state index contributed by atoms with van der Waals surface area (Å²) in [5, 5.41) is 0. The molecule has 2 aliphatic rings. The van der Waals surface area contributed by atoms with Crippen LogP contribution in [0.2, 0.25) is 0 Å². The molecule has 0 radical (unpaired) electrons. The maximum atomic E-state index is 11.8. The van der Waals surface area contributed by atoms with E-state index in [4.69, 9.17) is 9.47 Å². The van der Waals surface area contributed by atoms with Crippen molar-refractivity contribution in [2.75, 3.05) is 7.11 Å². The first kappa shape index (κ1) is 10.8. The minimum Gasteiger partial charge on any atom is -0.465 e. The smallest absolute Gasteiger partial charge is 0.339 e. The van der Waals surface area contributed by atoms with Crippen molar-refractivity contribution in [3.05, 3.63) is 33.9 Å².